The Labute approximate surface area is 137 Å². The first kappa shape index (κ1) is 16.4. The number of hydrogen-bond donors (Lipinski definition) is 1. The quantitative estimate of drug-likeness (QED) is 0.912. The lowest BCUT2D eigenvalue weighted by Crippen LogP contribution is -2.44. The van der Waals surface area contributed by atoms with Crippen LogP contribution in [0.2, 0.25) is 0 Å². The van der Waals surface area contributed by atoms with Crippen LogP contribution in [0.25, 0.3) is 0 Å². The molecule has 0 spiro atoms. The number of ether oxygens (including phenoxy) is 1. The van der Waals surface area contributed by atoms with Crippen molar-refractivity contribution >= 4 is 5.91 Å². The largest absolute Gasteiger partial charge is 0.389 e. The fraction of sp³-hybridized carbons (Fsp3) is 0.611. The Kier molecular flexibility index (Phi) is 5.30. The van der Waals surface area contributed by atoms with Crippen LogP contribution < -0.4 is 0 Å². The summed E-state index contributed by atoms with van der Waals surface area (Å²) in [7, 11) is 1.61. The third-order valence-electron chi connectivity index (χ3n) is 4.95. The molecule has 0 radical (unpaired) electrons. The van der Waals surface area contributed by atoms with E-state index in [1.807, 2.05) is 35.2 Å². The van der Waals surface area contributed by atoms with E-state index in [0.717, 1.165) is 31.5 Å². The van der Waals surface area contributed by atoms with Crippen molar-refractivity contribution in [2.45, 2.75) is 37.5 Å². The van der Waals surface area contributed by atoms with Crippen LogP contribution in [-0.2, 0) is 9.53 Å². The number of carbonyl (C=O) groups is 1. The van der Waals surface area contributed by atoms with Crippen molar-refractivity contribution in [1.29, 1.82) is 0 Å². The van der Waals surface area contributed by atoms with Crippen LogP contribution in [0.5, 0.6) is 0 Å². The molecular formula is C18H26N2O3. The van der Waals surface area contributed by atoms with Gasteiger partial charge in [0.1, 0.15) is 6.04 Å². The predicted octanol–water partition coefficient (Wildman–Crippen LogP) is 1.43. The predicted molar refractivity (Wildman–Crippen MR) is 88.0 cm³/mol. The Morgan fingerprint density at radius 3 is 2.48 bits per heavy atom. The van der Waals surface area contributed by atoms with Gasteiger partial charge in [-0.25, -0.2) is 0 Å². The molecule has 1 unspecified atom stereocenters. The summed E-state index contributed by atoms with van der Waals surface area (Å²) in [6, 6.07) is 9.56. The van der Waals surface area contributed by atoms with Crippen LogP contribution in [0.3, 0.4) is 0 Å². The minimum atomic E-state index is -0.541. The minimum absolute atomic E-state index is 0.153. The van der Waals surface area contributed by atoms with Crippen LogP contribution in [-0.4, -0.2) is 66.3 Å². The number of aliphatic hydroxyl groups excluding tert-OH is 1. The van der Waals surface area contributed by atoms with E-state index in [0.29, 0.717) is 13.1 Å². The smallest absolute Gasteiger partial charge is 0.244 e. The fourth-order valence-electron chi connectivity index (χ4n) is 3.66. The van der Waals surface area contributed by atoms with Gasteiger partial charge < -0.3 is 14.7 Å². The third-order valence-corrected chi connectivity index (χ3v) is 4.95. The highest BCUT2D eigenvalue weighted by atomic mass is 16.5. The maximum absolute atomic E-state index is 13.1. The van der Waals surface area contributed by atoms with Crippen LogP contribution in [0.4, 0.5) is 0 Å². The Hall–Kier alpha value is -1.43. The van der Waals surface area contributed by atoms with Gasteiger partial charge in [-0.3, -0.25) is 9.69 Å². The molecule has 1 amide bonds. The standard InChI is InChI=1S/C18H26N2O3/c1-23-16-13-20(12-15(16)21)17(14-8-4-2-5-9-14)18(22)19-10-6-3-7-11-19/h2,4-5,8-9,15-17,21H,3,6-7,10-13H2,1H3/t15-,16-,17?/m1/s1. The summed E-state index contributed by atoms with van der Waals surface area (Å²) in [6.45, 7) is 2.73. The topological polar surface area (TPSA) is 53.0 Å². The van der Waals surface area contributed by atoms with Gasteiger partial charge in [0.15, 0.2) is 0 Å². The SMILES string of the molecule is CO[C@@H]1CN(C(C(=O)N2CCCCC2)c2ccccc2)C[C@H]1O. The van der Waals surface area contributed by atoms with Gasteiger partial charge in [-0.05, 0) is 24.8 Å². The van der Waals surface area contributed by atoms with E-state index in [1.54, 1.807) is 7.11 Å². The van der Waals surface area contributed by atoms with Gasteiger partial charge in [-0.15, -0.1) is 0 Å². The normalized spacial score (nSPS) is 27.1. The maximum Gasteiger partial charge on any atom is 0.244 e. The number of nitrogens with zero attached hydrogens (tertiary/aromatic N) is 2. The summed E-state index contributed by atoms with van der Waals surface area (Å²) in [5.41, 5.74) is 0.993. The molecule has 0 bridgehead atoms. The molecule has 5 nitrogen and oxygen atoms in total. The van der Waals surface area contributed by atoms with E-state index in [1.165, 1.54) is 6.42 Å². The molecule has 0 saturated carbocycles. The molecule has 1 aromatic carbocycles. The number of benzene rings is 1. The number of methoxy groups -OCH3 is 1. The van der Waals surface area contributed by atoms with Crippen molar-refractivity contribution in [2.75, 3.05) is 33.3 Å². The fourth-order valence-corrected chi connectivity index (χ4v) is 3.66. The second-order valence-electron chi connectivity index (χ2n) is 6.49. The van der Waals surface area contributed by atoms with E-state index in [-0.39, 0.29) is 18.1 Å². The molecule has 1 aromatic rings. The highest BCUT2D eigenvalue weighted by molar-refractivity contribution is 5.83. The lowest BCUT2D eigenvalue weighted by Gasteiger charge is -2.34. The molecule has 2 heterocycles. The van der Waals surface area contributed by atoms with Gasteiger partial charge in [0.2, 0.25) is 5.91 Å². The van der Waals surface area contributed by atoms with E-state index >= 15 is 0 Å². The number of amides is 1. The van der Waals surface area contributed by atoms with Gasteiger partial charge in [0.25, 0.3) is 0 Å². The molecule has 3 rings (SSSR count). The summed E-state index contributed by atoms with van der Waals surface area (Å²) in [5.74, 6) is 0.153. The Balaban J connectivity index is 1.84. The van der Waals surface area contributed by atoms with E-state index in [2.05, 4.69) is 4.90 Å². The van der Waals surface area contributed by atoms with Crippen LogP contribution in [0.1, 0.15) is 30.9 Å². The lowest BCUT2D eigenvalue weighted by molar-refractivity contribution is -0.138. The summed E-state index contributed by atoms with van der Waals surface area (Å²) in [4.78, 5) is 17.2. The molecule has 0 aliphatic carbocycles. The second kappa shape index (κ2) is 7.43. The molecule has 2 fully saturated rings. The van der Waals surface area contributed by atoms with E-state index in [4.69, 9.17) is 4.74 Å². The molecule has 2 aliphatic rings. The first-order valence-corrected chi connectivity index (χ1v) is 8.49. The summed E-state index contributed by atoms with van der Waals surface area (Å²) in [5, 5.41) is 10.2. The third kappa shape index (κ3) is 3.57. The van der Waals surface area contributed by atoms with Crippen molar-refractivity contribution in [1.82, 2.24) is 9.80 Å². The zero-order valence-corrected chi connectivity index (χ0v) is 13.7. The minimum Gasteiger partial charge on any atom is -0.389 e. The summed E-state index contributed by atoms with van der Waals surface area (Å²) >= 11 is 0. The zero-order valence-electron chi connectivity index (χ0n) is 13.7. The first-order valence-electron chi connectivity index (χ1n) is 8.49. The van der Waals surface area contributed by atoms with Crippen molar-refractivity contribution < 1.29 is 14.6 Å². The van der Waals surface area contributed by atoms with Gasteiger partial charge in [-0.2, -0.15) is 0 Å². The molecule has 2 aliphatic heterocycles. The van der Waals surface area contributed by atoms with Gasteiger partial charge in [0, 0.05) is 33.3 Å². The average Bonchev–Trinajstić information content (AvgIpc) is 2.97. The molecule has 1 N–H and O–H groups in total. The van der Waals surface area contributed by atoms with Crippen molar-refractivity contribution in [3.8, 4) is 0 Å². The molecule has 23 heavy (non-hydrogen) atoms. The molecule has 2 saturated heterocycles. The van der Waals surface area contributed by atoms with Crippen LogP contribution in [0, 0.1) is 0 Å². The number of β-amino-alcohol motifs (C(OH)–C–C–N with tert-alkyl or cyclic N) is 1. The molecule has 5 heteroatoms. The second-order valence-corrected chi connectivity index (χ2v) is 6.49. The highest BCUT2D eigenvalue weighted by Gasteiger charge is 2.40. The Morgan fingerprint density at radius 1 is 1.17 bits per heavy atom. The molecule has 3 atom stereocenters. The molecule has 126 valence electrons. The number of aliphatic hydroxyl groups is 1. The maximum atomic E-state index is 13.1. The summed E-state index contributed by atoms with van der Waals surface area (Å²) < 4.78 is 5.35. The van der Waals surface area contributed by atoms with Crippen LogP contribution in [0.15, 0.2) is 30.3 Å². The van der Waals surface area contributed by atoms with Crippen molar-refractivity contribution in [3.05, 3.63) is 35.9 Å². The number of piperidine rings is 1. The highest BCUT2D eigenvalue weighted by Crippen LogP contribution is 2.29. The molecular weight excluding hydrogens is 292 g/mol. The van der Waals surface area contributed by atoms with Crippen LogP contribution >= 0.6 is 0 Å². The average molecular weight is 318 g/mol. The molecule has 0 aromatic heterocycles. The van der Waals surface area contributed by atoms with Gasteiger partial charge in [-0.1, -0.05) is 30.3 Å². The zero-order chi connectivity index (χ0) is 16.2. The number of rotatable bonds is 4. The van der Waals surface area contributed by atoms with Crippen molar-refractivity contribution in [2.24, 2.45) is 0 Å². The van der Waals surface area contributed by atoms with E-state index < -0.39 is 6.10 Å². The number of carbonyl (C=O) groups excluding carboxylic acids is 1. The summed E-state index contributed by atoms with van der Waals surface area (Å²) in [6.07, 6.45) is 2.59. The number of hydrogen-bond acceptors (Lipinski definition) is 4. The first-order chi connectivity index (χ1) is 11.2. The van der Waals surface area contributed by atoms with Gasteiger partial charge >= 0.3 is 0 Å². The Morgan fingerprint density at radius 2 is 1.87 bits per heavy atom. The Bertz CT molecular complexity index is 516. The lowest BCUT2D eigenvalue weighted by atomic mass is 10.0. The van der Waals surface area contributed by atoms with E-state index in [9.17, 15) is 9.90 Å². The van der Waals surface area contributed by atoms with Crippen molar-refractivity contribution in [3.63, 3.8) is 0 Å². The number of likely N-dealkylation sites (tertiary alicyclic amines) is 2. The van der Waals surface area contributed by atoms with Gasteiger partial charge in [0.05, 0.1) is 12.2 Å². The monoisotopic (exact) mass is 318 g/mol.